The molecule has 0 saturated carbocycles. The van der Waals surface area contributed by atoms with Crippen molar-refractivity contribution in [3.05, 3.63) is 53.9 Å². The number of aromatic nitrogens is 2. The molecule has 112 valence electrons. The SMILES string of the molecule is O=C(NCc1ccon1)Nc1ccc(Sc2cccs2)cn1. The van der Waals surface area contributed by atoms with Gasteiger partial charge in [-0.25, -0.2) is 9.78 Å². The van der Waals surface area contributed by atoms with Crippen LogP contribution in [0.15, 0.2) is 61.8 Å². The molecule has 0 fully saturated rings. The third-order valence-corrected chi connectivity index (χ3v) is 4.63. The first-order chi connectivity index (χ1) is 10.8. The number of thiophene rings is 1. The van der Waals surface area contributed by atoms with Crippen LogP contribution in [0.5, 0.6) is 0 Å². The third-order valence-electron chi connectivity index (χ3n) is 2.61. The number of pyridine rings is 1. The lowest BCUT2D eigenvalue weighted by atomic mass is 10.4. The predicted molar refractivity (Wildman–Crippen MR) is 85.0 cm³/mol. The third kappa shape index (κ3) is 4.09. The smallest absolute Gasteiger partial charge is 0.320 e. The van der Waals surface area contributed by atoms with Gasteiger partial charge in [0.2, 0.25) is 0 Å². The number of carbonyl (C=O) groups excluding carboxylic acids is 1. The van der Waals surface area contributed by atoms with E-state index in [-0.39, 0.29) is 6.03 Å². The quantitative estimate of drug-likeness (QED) is 0.746. The second kappa shape index (κ2) is 7.10. The molecule has 0 aliphatic carbocycles. The van der Waals surface area contributed by atoms with Crippen LogP contribution in [0.1, 0.15) is 5.69 Å². The lowest BCUT2D eigenvalue weighted by molar-refractivity contribution is 0.251. The summed E-state index contributed by atoms with van der Waals surface area (Å²) < 4.78 is 5.89. The maximum absolute atomic E-state index is 11.7. The molecule has 0 radical (unpaired) electrons. The predicted octanol–water partition coefficient (Wildman–Crippen LogP) is 3.60. The van der Waals surface area contributed by atoms with Gasteiger partial charge < -0.3 is 9.84 Å². The van der Waals surface area contributed by atoms with Crippen LogP contribution in [0.25, 0.3) is 0 Å². The molecular weight excluding hydrogens is 320 g/mol. The molecule has 8 heteroatoms. The highest BCUT2D eigenvalue weighted by molar-refractivity contribution is 8.01. The number of rotatable bonds is 5. The number of amides is 2. The Bertz CT molecular complexity index is 712. The standard InChI is InChI=1S/C14H12N4O2S2/c19-14(16-8-10-5-6-20-18-10)17-12-4-3-11(9-15-12)22-13-2-1-7-21-13/h1-7,9H,8H2,(H2,15,16,17,19). The number of nitrogens with zero attached hydrogens (tertiary/aromatic N) is 2. The summed E-state index contributed by atoms with van der Waals surface area (Å²) in [6, 6.07) is 9.11. The van der Waals surface area contributed by atoms with E-state index in [1.165, 1.54) is 10.5 Å². The van der Waals surface area contributed by atoms with E-state index in [9.17, 15) is 4.79 Å². The van der Waals surface area contributed by atoms with Crippen molar-refractivity contribution in [2.45, 2.75) is 15.6 Å². The zero-order valence-electron chi connectivity index (χ0n) is 11.4. The monoisotopic (exact) mass is 332 g/mol. The van der Waals surface area contributed by atoms with Gasteiger partial charge in [0, 0.05) is 17.2 Å². The Morgan fingerprint density at radius 3 is 2.95 bits per heavy atom. The van der Waals surface area contributed by atoms with Gasteiger partial charge in [-0.1, -0.05) is 23.0 Å². The molecule has 2 N–H and O–H groups in total. The molecule has 6 nitrogen and oxygen atoms in total. The molecule has 0 aromatic carbocycles. The first-order valence-electron chi connectivity index (χ1n) is 6.41. The maximum Gasteiger partial charge on any atom is 0.320 e. The van der Waals surface area contributed by atoms with Crippen LogP contribution in [0, 0.1) is 0 Å². The van der Waals surface area contributed by atoms with Gasteiger partial charge in [0.25, 0.3) is 0 Å². The summed E-state index contributed by atoms with van der Waals surface area (Å²) >= 11 is 3.32. The lowest BCUT2D eigenvalue weighted by Crippen LogP contribution is -2.28. The number of carbonyl (C=O) groups is 1. The Morgan fingerprint density at radius 2 is 2.27 bits per heavy atom. The molecule has 3 rings (SSSR count). The topological polar surface area (TPSA) is 80.0 Å². The summed E-state index contributed by atoms with van der Waals surface area (Å²) in [5.74, 6) is 0.494. The average molecular weight is 332 g/mol. The highest BCUT2D eigenvalue weighted by Gasteiger charge is 2.05. The number of urea groups is 1. The fraction of sp³-hybridized carbons (Fsp3) is 0.0714. The van der Waals surface area contributed by atoms with Gasteiger partial charge in [-0.15, -0.1) is 11.3 Å². The van der Waals surface area contributed by atoms with Crippen molar-refractivity contribution in [1.82, 2.24) is 15.5 Å². The molecule has 22 heavy (non-hydrogen) atoms. The fourth-order valence-electron chi connectivity index (χ4n) is 1.61. The van der Waals surface area contributed by atoms with Gasteiger partial charge in [-0.2, -0.15) is 0 Å². The minimum Gasteiger partial charge on any atom is -0.364 e. The molecule has 0 aliphatic rings. The molecule has 0 saturated heterocycles. The highest BCUT2D eigenvalue weighted by atomic mass is 32.2. The molecule has 0 spiro atoms. The molecule has 2 amide bonds. The molecule has 0 unspecified atom stereocenters. The largest absolute Gasteiger partial charge is 0.364 e. The average Bonchev–Trinajstić information content (AvgIpc) is 3.20. The van der Waals surface area contributed by atoms with Crippen molar-refractivity contribution in [3.63, 3.8) is 0 Å². The van der Waals surface area contributed by atoms with E-state index in [2.05, 4.69) is 31.4 Å². The van der Waals surface area contributed by atoms with E-state index >= 15 is 0 Å². The molecule has 0 atom stereocenters. The van der Waals surface area contributed by atoms with Crippen LogP contribution >= 0.6 is 23.1 Å². The second-order valence-electron chi connectivity index (χ2n) is 4.21. The van der Waals surface area contributed by atoms with Gasteiger partial charge in [0.05, 0.1) is 10.8 Å². The summed E-state index contributed by atoms with van der Waals surface area (Å²) in [5, 5.41) is 11.1. The van der Waals surface area contributed by atoms with Crippen LogP contribution in [0.3, 0.4) is 0 Å². The molecule has 0 aliphatic heterocycles. The second-order valence-corrected chi connectivity index (χ2v) is 6.53. The van der Waals surface area contributed by atoms with Crippen molar-refractivity contribution in [3.8, 4) is 0 Å². The van der Waals surface area contributed by atoms with Gasteiger partial charge in [0.1, 0.15) is 17.8 Å². The van der Waals surface area contributed by atoms with Crippen molar-refractivity contribution in [2.75, 3.05) is 5.32 Å². The molecule has 3 heterocycles. The zero-order valence-corrected chi connectivity index (χ0v) is 13.0. The maximum atomic E-state index is 11.7. The van der Waals surface area contributed by atoms with Gasteiger partial charge in [-0.05, 0) is 23.6 Å². The van der Waals surface area contributed by atoms with E-state index in [4.69, 9.17) is 0 Å². The Hall–Kier alpha value is -2.32. The summed E-state index contributed by atoms with van der Waals surface area (Å²) in [5.41, 5.74) is 0.658. The number of hydrogen-bond acceptors (Lipinski definition) is 6. The first-order valence-corrected chi connectivity index (χ1v) is 8.11. The Kier molecular flexibility index (Phi) is 4.71. The van der Waals surface area contributed by atoms with Gasteiger partial charge in [-0.3, -0.25) is 5.32 Å². The van der Waals surface area contributed by atoms with Crippen LogP contribution < -0.4 is 10.6 Å². The van der Waals surface area contributed by atoms with Gasteiger partial charge in [0.15, 0.2) is 0 Å². The normalized spacial score (nSPS) is 10.4. The number of nitrogens with one attached hydrogen (secondary N) is 2. The van der Waals surface area contributed by atoms with Crippen LogP contribution in [0.4, 0.5) is 10.6 Å². The van der Waals surface area contributed by atoms with Crippen LogP contribution in [0.2, 0.25) is 0 Å². The Balaban J connectivity index is 1.51. The number of anilines is 1. The van der Waals surface area contributed by atoms with E-state index in [0.717, 1.165) is 4.90 Å². The van der Waals surface area contributed by atoms with E-state index < -0.39 is 0 Å². The fourth-order valence-corrected chi connectivity index (χ4v) is 3.33. The summed E-state index contributed by atoms with van der Waals surface area (Å²) in [6.45, 7) is 0.300. The zero-order chi connectivity index (χ0) is 15.2. The van der Waals surface area contributed by atoms with Crippen molar-refractivity contribution < 1.29 is 9.32 Å². The molecule has 3 aromatic heterocycles. The Labute approximate surface area is 134 Å². The first kappa shape index (κ1) is 14.6. The van der Waals surface area contributed by atoms with Crippen molar-refractivity contribution >= 4 is 34.9 Å². The van der Waals surface area contributed by atoms with Gasteiger partial charge >= 0.3 is 6.03 Å². The lowest BCUT2D eigenvalue weighted by Gasteiger charge is -2.06. The van der Waals surface area contributed by atoms with E-state index in [0.29, 0.717) is 18.1 Å². The molecule has 3 aromatic rings. The summed E-state index contributed by atoms with van der Waals surface area (Å²) in [7, 11) is 0. The molecular formula is C14H12N4O2S2. The summed E-state index contributed by atoms with van der Waals surface area (Å²) in [4.78, 5) is 17.0. The Morgan fingerprint density at radius 1 is 1.32 bits per heavy atom. The van der Waals surface area contributed by atoms with Crippen molar-refractivity contribution in [2.24, 2.45) is 0 Å². The number of hydrogen-bond donors (Lipinski definition) is 2. The van der Waals surface area contributed by atoms with Crippen LogP contribution in [-0.2, 0) is 6.54 Å². The minimum absolute atomic E-state index is 0.300. The van der Waals surface area contributed by atoms with Crippen molar-refractivity contribution in [1.29, 1.82) is 0 Å². The molecule has 0 bridgehead atoms. The highest BCUT2D eigenvalue weighted by Crippen LogP contribution is 2.30. The van der Waals surface area contributed by atoms with E-state index in [1.807, 2.05) is 17.5 Å². The minimum atomic E-state index is -0.339. The van der Waals surface area contributed by atoms with E-state index in [1.54, 1.807) is 41.4 Å². The van der Waals surface area contributed by atoms with Crippen LogP contribution in [-0.4, -0.2) is 16.2 Å². The summed E-state index contributed by atoms with van der Waals surface area (Å²) in [6.07, 6.45) is 3.19.